The highest BCUT2D eigenvalue weighted by Crippen LogP contribution is 2.37. The molecule has 3 aromatic rings. The Morgan fingerprint density at radius 1 is 1.11 bits per heavy atom. The van der Waals surface area contributed by atoms with Crippen LogP contribution in [0.3, 0.4) is 0 Å². The number of pyridine rings is 1. The topological polar surface area (TPSA) is 67.7 Å². The van der Waals surface area contributed by atoms with Crippen LogP contribution in [-0.2, 0) is 6.54 Å². The third kappa shape index (κ3) is 3.43. The summed E-state index contributed by atoms with van der Waals surface area (Å²) in [5.74, 6) is 1.04. The van der Waals surface area contributed by atoms with Gasteiger partial charge >= 0.3 is 0 Å². The molecule has 0 radical (unpaired) electrons. The number of anilines is 2. The number of rotatable bonds is 2. The molecule has 0 unspecified atom stereocenters. The van der Waals surface area contributed by atoms with Crippen LogP contribution in [0.15, 0.2) is 48.7 Å². The van der Waals surface area contributed by atoms with Gasteiger partial charge < -0.3 is 19.9 Å². The summed E-state index contributed by atoms with van der Waals surface area (Å²) in [7, 11) is 0. The van der Waals surface area contributed by atoms with Gasteiger partial charge in [-0.15, -0.1) is 0 Å². The van der Waals surface area contributed by atoms with E-state index in [0.29, 0.717) is 36.3 Å². The van der Waals surface area contributed by atoms with E-state index in [4.69, 9.17) is 4.74 Å². The first-order valence-corrected chi connectivity index (χ1v) is 12.7. The Morgan fingerprint density at radius 2 is 2.06 bits per heavy atom. The van der Waals surface area contributed by atoms with Crippen molar-refractivity contribution in [3.63, 3.8) is 0 Å². The van der Waals surface area contributed by atoms with Crippen molar-refractivity contribution in [3.05, 3.63) is 59.8 Å². The average molecular weight is 467 g/mol. The van der Waals surface area contributed by atoms with Crippen molar-refractivity contribution in [1.82, 2.24) is 15.2 Å². The maximum absolute atomic E-state index is 9.54. The lowest BCUT2D eigenvalue weighted by atomic mass is 10.0. The minimum Gasteiger partial charge on any atom is -0.491 e. The maximum Gasteiger partial charge on any atom is 0.125 e. The third-order valence-electron chi connectivity index (χ3n) is 8.38. The average Bonchev–Trinajstić information content (AvgIpc) is 3.47. The van der Waals surface area contributed by atoms with Crippen LogP contribution in [0, 0.1) is 11.3 Å². The zero-order valence-corrected chi connectivity index (χ0v) is 20.0. The Morgan fingerprint density at radius 3 is 2.89 bits per heavy atom. The molecule has 7 nitrogen and oxygen atoms in total. The minimum atomic E-state index is 0.295. The van der Waals surface area contributed by atoms with Crippen molar-refractivity contribution in [1.29, 1.82) is 5.26 Å². The Balaban J connectivity index is 1.15. The van der Waals surface area contributed by atoms with Gasteiger partial charge in [-0.25, -0.2) is 0 Å². The number of nitrogens with one attached hydrogen (secondary N) is 1. The molecule has 2 bridgehead atoms. The smallest absolute Gasteiger partial charge is 0.125 e. The number of benzene rings is 2. The molecule has 1 aromatic heterocycles. The first-order valence-electron chi connectivity index (χ1n) is 12.7. The number of piperazine rings is 2. The van der Waals surface area contributed by atoms with Crippen molar-refractivity contribution in [2.24, 2.45) is 0 Å². The summed E-state index contributed by atoms with van der Waals surface area (Å²) < 4.78 is 6.49. The van der Waals surface area contributed by atoms with Gasteiger partial charge in [0.15, 0.2) is 0 Å². The van der Waals surface area contributed by atoms with Crippen LogP contribution >= 0.6 is 0 Å². The van der Waals surface area contributed by atoms with Gasteiger partial charge in [-0.3, -0.25) is 9.88 Å². The Labute approximate surface area is 205 Å². The SMILES string of the molecule is C[C@@H]1CN(c2ccc(C#N)c3ncccc23)C[C@@H]2COc3cc(N4C[C@H]5C[C@@H]4CN5)ccc3CN21. The van der Waals surface area contributed by atoms with Crippen molar-refractivity contribution in [2.45, 2.75) is 44.1 Å². The van der Waals surface area contributed by atoms with Crippen molar-refractivity contribution >= 4 is 22.3 Å². The van der Waals surface area contributed by atoms with Gasteiger partial charge in [0.05, 0.1) is 17.1 Å². The van der Waals surface area contributed by atoms with Crippen LogP contribution in [0.25, 0.3) is 10.9 Å². The highest BCUT2D eigenvalue weighted by Gasteiger charge is 2.39. The molecule has 0 aliphatic carbocycles. The zero-order valence-electron chi connectivity index (χ0n) is 20.0. The second-order valence-electron chi connectivity index (χ2n) is 10.5. The molecule has 178 valence electrons. The van der Waals surface area contributed by atoms with Crippen LogP contribution in [0.1, 0.15) is 24.5 Å². The molecule has 35 heavy (non-hydrogen) atoms. The number of ether oxygens (including phenoxy) is 1. The van der Waals surface area contributed by atoms with Crippen LogP contribution in [0.5, 0.6) is 5.75 Å². The Kier molecular flexibility index (Phi) is 4.86. The first kappa shape index (κ1) is 21.0. The van der Waals surface area contributed by atoms with E-state index in [0.717, 1.165) is 55.1 Å². The summed E-state index contributed by atoms with van der Waals surface area (Å²) in [6, 6.07) is 19.1. The predicted molar refractivity (Wildman–Crippen MR) is 137 cm³/mol. The predicted octanol–water partition coefficient (Wildman–Crippen LogP) is 3.13. The summed E-state index contributed by atoms with van der Waals surface area (Å²) in [4.78, 5) is 12.1. The molecule has 0 amide bonds. The number of hydrogen-bond acceptors (Lipinski definition) is 7. The van der Waals surface area contributed by atoms with Gasteiger partial charge in [-0.2, -0.15) is 5.26 Å². The second-order valence-corrected chi connectivity index (χ2v) is 10.5. The fraction of sp³-hybridized carbons (Fsp3) is 0.429. The summed E-state index contributed by atoms with van der Waals surface area (Å²) in [5.41, 5.74) is 5.14. The summed E-state index contributed by atoms with van der Waals surface area (Å²) in [5, 5.41) is 14.2. The molecule has 1 N–H and O–H groups in total. The second kappa shape index (κ2) is 8.11. The zero-order chi connectivity index (χ0) is 23.5. The lowest BCUT2D eigenvalue weighted by Gasteiger charge is -2.45. The Bertz CT molecular complexity index is 1330. The fourth-order valence-corrected chi connectivity index (χ4v) is 6.62. The quantitative estimate of drug-likeness (QED) is 0.622. The molecular weight excluding hydrogens is 436 g/mol. The highest BCUT2D eigenvalue weighted by molar-refractivity contribution is 5.95. The molecule has 7 heteroatoms. The molecule has 0 saturated carbocycles. The number of fused-ring (bicyclic) bond motifs is 5. The van der Waals surface area contributed by atoms with E-state index in [-0.39, 0.29) is 0 Å². The fourth-order valence-electron chi connectivity index (χ4n) is 6.62. The molecule has 4 aliphatic heterocycles. The number of nitriles is 1. The molecule has 2 aromatic carbocycles. The molecule has 3 saturated heterocycles. The van der Waals surface area contributed by atoms with Crippen molar-refractivity contribution in [3.8, 4) is 11.8 Å². The number of hydrogen-bond donors (Lipinski definition) is 1. The lowest BCUT2D eigenvalue weighted by Crippen LogP contribution is -2.58. The lowest BCUT2D eigenvalue weighted by molar-refractivity contribution is 0.0892. The van der Waals surface area contributed by atoms with Gasteiger partial charge in [0.1, 0.15) is 18.4 Å². The van der Waals surface area contributed by atoms with Gasteiger partial charge in [-0.1, -0.05) is 6.07 Å². The summed E-state index contributed by atoms with van der Waals surface area (Å²) in [6.07, 6.45) is 3.02. The van der Waals surface area contributed by atoms with Gasteiger partial charge in [0, 0.05) is 85.4 Å². The van der Waals surface area contributed by atoms with E-state index in [1.807, 2.05) is 12.1 Å². The maximum atomic E-state index is 9.54. The van der Waals surface area contributed by atoms with Gasteiger partial charge in [0.2, 0.25) is 0 Å². The number of aromatic nitrogens is 1. The molecule has 0 spiro atoms. The summed E-state index contributed by atoms with van der Waals surface area (Å²) in [6.45, 7) is 7.92. The van der Waals surface area contributed by atoms with E-state index < -0.39 is 0 Å². The van der Waals surface area contributed by atoms with Crippen LogP contribution in [-0.4, -0.2) is 66.8 Å². The molecule has 4 aliphatic rings. The van der Waals surface area contributed by atoms with Gasteiger partial charge in [-0.05, 0) is 43.7 Å². The van der Waals surface area contributed by atoms with E-state index in [2.05, 4.69) is 68.3 Å². The molecule has 7 rings (SSSR count). The number of nitrogens with zero attached hydrogens (tertiary/aromatic N) is 5. The molecule has 4 atom stereocenters. The molecule has 5 heterocycles. The largest absolute Gasteiger partial charge is 0.491 e. The standard InChI is InChI=1S/C28H30N6O/c1-18-13-32(26-7-5-19(11-29)28-25(26)3-2-8-30-28)16-24-17-35-27-10-22(6-4-20(27)14-33(18)24)34-15-21-9-23(34)12-31-21/h2-8,10,18,21,23-24,31H,9,12-17H2,1H3/t18-,21-,23-,24-/m1/s1. The van der Waals surface area contributed by atoms with Gasteiger partial charge in [0.25, 0.3) is 0 Å². The molecule has 3 fully saturated rings. The third-order valence-corrected chi connectivity index (χ3v) is 8.38. The van der Waals surface area contributed by atoms with E-state index >= 15 is 0 Å². The van der Waals surface area contributed by atoms with Crippen LogP contribution < -0.4 is 19.9 Å². The van der Waals surface area contributed by atoms with Crippen LogP contribution in [0.2, 0.25) is 0 Å². The van der Waals surface area contributed by atoms with E-state index in [1.165, 1.54) is 17.7 Å². The normalized spacial score (nSPS) is 27.8. The Hall–Kier alpha value is -3.34. The summed E-state index contributed by atoms with van der Waals surface area (Å²) >= 11 is 0. The van der Waals surface area contributed by atoms with E-state index in [9.17, 15) is 5.26 Å². The van der Waals surface area contributed by atoms with E-state index in [1.54, 1.807) is 6.20 Å². The molecular formula is C28H30N6O. The highest BCUT2D eigenvalue weighted by atomic mass is 16.5. The van der Waals surface area contributed by atoms with Crippen molar-refractivity contribution in [2.75, 3.05) is 42.6 Å². The first-order chi connectivity index (χ1) is 17.2. The minimum absolute atomic E-state index is 0.295. The van der Waals surface area contributed by atoms with Crippen molar-refractivity contribution < 1.29 is 4.74 Å². The monoisotopic (exact) mass is 466 g/mol. The van der Waals surface area contributed by atoms with Crippen LogP contribution in [0.4, 0.5) is 11.4 Å².